The highest BCUT2D eigenvalue weighted by molar-refractivity contribution is 7.80. The SMILES string of the molecule is C=CCCC(=O)N(CCC(=O)NCCS)C(=O)[C@H](O)C(C)(C)CO. The number of carbonyl (C=O) groups excluding carboxylic acids is 3. The Bertz CT molecular complexity index is 454. The molecule has 0 aromatic heterocycles. The van der Waals surface area contributed by atoms with Crippen molar-refractivity contribution in [2.75, 3.05) is 25.4 Å². The van der Waals surface area contributed by atoms with Crippen LogP contribution in [0.15, 0.2) is 12.7 Å². The van der Waals surface area contributed by atoms with Crippen LogP contribution in [-0.4, -0.2) is 64.4 Å². The fraction of sp³-hybridized carbons (Fsp3) is 0.688. The van der Waals surface area contributed by atoms with Gasteiger partial charge >= 0.3 is 0 Å². The first-order valence-corrected chi connectivity index (χ1v) is 8.46. The Morgan fingerprint density at radius 1 is 1.33 bits per heavy atom. The van der Waals surface area contributed by atoms with Crippen molar-refractivity contribution in [3.05, 3.63) is 12.7 Å². The molecule has 0 unspecified atom stereocenters. The van der Waals surface area contributed by atoms with Gasteiger partial charge in [-0.3, -0.25) is 19.3 Å². The predicted octanol–water partition coefficient (Wildman–Crippen LogP) is 0.123. The Morgan fingerprint density at radius 2 is 1.96 bits per heavy atom. The van der Waals surface area contributed by atoms with Gasteiger partial charge in [-0.15, -0.1) is 6.58 Å². The fourth-order valence-corrected chi connectivity index (χ4v) is 1.90. The standard InChI is InChI=1S/C16H28N2O5S/c1-4-5-6-13(21)18(9-7-12(20)17-8-10-24)15(23)14(22)16(2,3)11-19/h4,14,19,22,24H,1,5-11H2,2-3H3,(H,17,20)/t14-/m0/s1. The van der Waals surface area contributed by atoms with Crippen molar-refractivity contribution >= 4 is 30.4 Å². The molecule has 0 aliphatic heterocycles. The van der Waals surface area contributed by atoms with Crippen molar-refractivity contribution in [3.63, 3.8) is 0 Å². The van der Waals surface area contributed by atoms with Gasteiger partial charge in [0.15, 0.2) is 0 Å². The van der Waals surface area contributed by atoms with Crippen LogP contribution in [0.3, 0.4) is 0 Å². The second-order valence-electron chi connectivity index (χ2n) is 6.08. The van der Waals surface area contributed by atoms with Crippen LogP contribution in [0.1, 0.15) is 33.1 Å². The van der Waals surface area contributed by atoms with E-state index < -0.39 is 29.9 Å². The number of nitrogens with one attached hydrogen (secondary N) is 1. The second-order valence-corrected chi connectivity index (χ2v) is 6.53. The van der Waals surface area contributed by atoms with E-state index in [2.05, 4.69) is 24.5 Å². The van der Waals surface area contributed by atoms with E-state index in [1.54, 1.807) is 6.08 Å². The lowest BCUT2D eigenvalue weighted by atomic mass is 9.86. The zero-order chi connectivity index (χ0) is 18.8. The third-order valence-corrected chi connectivity index (χ3v) is 3.73. The molecule has 3 amide bonds. The number of thiol groups is 1. The number of hydrogen-bond acceptors (Lipinski definition) is 6. The maximum Gasteiger partial charge on any atom is 0.258 e. The number of hydrogen-bond donors (Lipinski definition) is 4. The maximum atomic E-state index is 12.5. The van der Waals surface area contributed by atoms with Gasteiger partial charge in [0.2, 0.25) is 11.8 Å². The summed E-state index contributed by atoms with van der Waals surface area (Å²) in [6, 6.07) is 0. The lowest BCUT2D eigenvalue weighted by Crippen LogP contribution is -2.50. The van der Waals surface area contributed by atoms with Crippen molar-refractivity contribution in [1.82, 2.24) is 10.2 Å². The number of allylic oxidation sites excluding steroid dienone is 1. The summed E-state index contributed by atoms with van der Waals surface area (Å²) in [7, 11) is 0. The van der Waals surface area contributed by atoms with E-state index in [1.165, 1.54) is 13.8 Å². The summed E-state index contributed by atoms with van der Waals surface area (Å²) in [6.07, 6.45) is 0.378. The number of imide groups is 1. The lowest BCUT2D eigenvalue weighted by Gasteiger charge is -2.31. The van der Waals surface area contributed by atoms with E-state index in [0.717, 1.165) is 4.90 Å². The summed E-state index contributed by atoms with van der Waals surface area (Å²) in [4.78, 5) is 37.2. The second kappa shape index (κ2) is 11.2. The van der Waals surface area contributed by atoms with E-state index in [4.69, 9.17) is 0 Å². The Labute approximate surface area is 148 Å². The number of aliphatic hydroxyl groups excluding tert-OH is 2. The van der Waals surface area contributed by atoms with Crippen LogP contribution in [0.2, 0.25) is 0 Å². The minimum Gasteiger partial charge on any atom is -0.396 e. The normalized spacial score (nSPS) is 12.4. The number of amides is 3. The van der Waals surface area contributed by atoms with Crippen LogP contribution in [0.25, 0.3) is 0 Å². The molecule has 3 N–H and O–H groups in total. The van der Waals surface area contributed by atoms with Crippen molar-refractivity contribution < 1.29 is 24.6 Å². The van der Waals surface area contributed by atoms with Gasteiger partial charge in [0.05, 0.1) is 6.61 Å². The fourth-order valence-electron chi connectivity index (χ4n) is 1.78. The molecule has 0 bridgehead atoms. The van der Waals surface area contributed by atoms with Crippen LogP contribution in [-0.2, 0) is 14.4 Å². The highest BCUT2D eigenvalue weighted by Gasteiger charge is 2.37. The molecule has 0 aliphatic rings. The van der Waals surface area contributed by atoms with Crippen LogP contribution < -0.4 is 5.32 Å². The topological polar surface area (TPSA) is 107 Å². The van der Waals surface area contributed by atoms with Crippen molar-refractivity contribution in [2.24, 2.45) is 5.41 Å². The molecule has 0 spiro atoms. The monoisotopic (exact) mass is 360 g/mol. The molecule has 1 atom stereocenters. The lowest BCUT2D eigenvalue weighted by molar-refractivity contribution is -0.156. The maximum absolute atomic E-state index is 12.5. The first kappa shape index (κ1) is 22.6. The zero-order valence-electron chi connectivity index (χ0n) is 14.3. The van der Waals surface area contributed by atoms with E-state index in [1.807, 2.05) is 0 Å². The first-order valence-electron chi connectivity index (χ1n) is 7.82. The van der Waals surface area contributed by atoms with Gasteiger partial charge in [0, 0.05) is 37.1 Å². The third-order valence-electron chi connectivity index (χ3n) is 3.51. The molecule has 0 radical (unpaired) electrons. The van der Waals surface area contributed by atoms with Crippen LogP contribution >= 0.6 is 12.6 Å². The van der Waals surface area contributed by atoms with Gasteiger partial charge in [0.25, 0.3) is 5.91 Å². The van der Waals surface area contributed by atoms with Gasteiger partial charge in [-0.1, -0.05) is 19.9 Å². The molecule has 24 heavy (non-hydrogen) atoms. The summed E-state index contributed by atoms with van der Waals surface area (Å²) in [6.45, 7) is 6.39. The van der Waals surface area contributed by atoms with Gasteiger partial charge in [-0.05, 0) is 6.42 Å². The molecule has 138 valence electrons. The molecular formula is C16H28N2O5S. The van der Waals surface area contributed by atoms with Crippen LogP contribution in [0.4, 0.5) is 0 Å². The molecule has 0 saturated carbocycles. The average Bonchev–Trinajstić information content (AvgIpc) is 2.56. The molecule has 0 aromatic rings. The zero-order valence-corrected chi connectivity index (χ0v) is 15.2. The molecule has 0 fully saturated rings. The van der Waals surface area contributed by atoms with Crippen molar-refractivity contribution in [2.45, 2.75) is 39.2 Å². The first-order chi connectivity index (χ1) is 11.2. The molecule has 0 heterocycles. The quantitative estimate of drug-likeness (QED) is 0.309. The molecular weight excluding hydrogens is 332 g/mol. The number of carbonyl (C=O) groups is 3. The highest BCUT2D eigenvalue weighted by atomic mass is 32.1. The summed E-state index contributed by atoms with van der Waals surface area (Å²) in [5.41, 5.74) is -1.09. The van der Waals surface area contributed by atoms with Crippen LogP contribution in [0.5, 0.6) is 0 Å². The predicted molar refractivity (Wildman–Crippen MR) is 94.5 cm³/mol. The van der Waals surface area contributed by atoms with E-state index in [0.29, 0.717) is 18.7 Å². The van der Waals surface area contributed by atoms with E-state index in [-0.39, 0.29) is 25.3 Å². The minimum absolute atomic E-state index is 0.0553. The number of rotatable bonds is 11. The van der Waals surface area contributed by atoms with Gasteiger partial charge in [-0.25, -0.2) is 0 Å². The summed E-state index contributed by atoms with van der Waals surface area (Å²) >= 11 is 3.98. The van der Waals surface area contributed by atoms with Crippen LogP contribution in [0, 0.1) is 5.41 Å². The summed E-state index contributed by atoms with van der Waals surface area (Å²) in [5, 5.41) is 22.0. The molecule has 7 nitrogen and oxygen atoms in total. The van der Waals surface area contributed by atoms with Crippen molar-refractivity contribution in [3.8, 4) is 0 Å². The largest absolute Gasteiger partial charge is 0.396 e. The Kier molecular flexibility index (Phi) is 10.6. The van der Waals surface area contributed by atoms with Gasteiger partial charge < -0.3 is 15.5 Å². The average molecular weight is 360 g/mol. The van der Waals surface area contributed by atoms with E-state index in [9.17, 15) is 24.6 Å². The third kappa shape index (κ3) is 7.46. The molecule has 0 aromatic carbocycles. The molecule has 8 heteroatoms. The Balaban J connectivity index is 5.04. The Hall–Kier alpha value is -1.38. The van der Waals surface area contributed by atoms with Gasteiger partial charge in [-0.2, -0.15) is 12.6 Å². The van der Waals surface area contributed by atoms with Gasteiger partial charge in [0.1, 0.15) is 6.10 Å². The molecule has 0 aliphatic carbocycles. The summed E-state index contributed by atoms with van der Waals surface area (Å²) < 4.78 is 0. The number of aliphatic hydroxyl groups is 2. The van der Waals surface area contributed by atoms with E-state index >= 15 is 0 Å². The van der Waals surface area contributed by atoms with Crippen molar-refractivity contribution in [1.29, 1.82) is 0 Å². The smallest absolute Gasteiger partial charge is 0.258 e. The molecule has 0 rings (SSSR count). The summed E-state index contributed by atoms with van der Waals surface area (Å²) in [5.74, 6) is -1.13. The number of nitrogens with zero attached hydrogens (tertiary/aromatic N) is 1. The minimum atomic E-state index is -1.55. The Morgan fingerprint density at radius 3 is 2.46 bits per heavy atom. The highest BCUT2D eigenvalue weighted by Crippen LogP contribution is 2.22. The molecule has 0 saturated heterocycles.